The van der Waals surface area contributed by atoms with Crippen molar-refractivity contribution in [3.8, 4) is 5.75 Å². The van der Waals surface area contributed by atoms with Crippen LogP contribution in [0.3, 0.4) is 0 Å². The molecule has 0 unspecified atom stereocenters. The van der Waals surface area contributed by atoms with Crippen molar-refractivity contribution in [2.75, 3.05) is 7.05 Å². The van der Waals surface area contributed by atoms with E-state index in [2.05, 4.69) is 5.32 Å². The van der Waals surface area contributed by atoms with Gasteiger partial charge < -0.3 is 5.32 Å². The highest BCUT2D eigenvalue weighted by molar-refractivity contribution is 6.07. The molecule has 3 rings (SSSR count). The van der Waals surface area contributed by atoms with Crippen LogP contribution in [-0.4, -0.2) is 13.0 Å². The Morgan fingerprint density at radius 3 is 2.32 bits per heavy atom. The third kappa shape index (κ3) is 1.80. The molecule has 0 aliphatic rings. The largest absolute Gasteiger partial charge is 0.355 e. The van der Waals surface area contributed by atoms with Crippen LogP contribution in [-0.2, 0) is 5.11 Å². The van der Waals surface area contributed by atoms with E-state index in [-0.39, 0.29) is 17.2 Å². The highest BCUT2D eigenvalue weighted by Gasteiger charge is 2.14. The molecule has 0 bridgehead atoms. The minimum Gasteiger partial charge on any atom is -0.355 e. The molecule has 0 aromatic heterocycles. The van der Waals surface area contributed by atoms with Crippen molar-refractivity contribution in [1.82, 2.24) is 5.32 Å². The highest BCUT2D eigenvalue weighted by atomic mass is 16.3. The van der Waals surface area contributed by atoms with E-state index in [4.69, 9.17) is 0 Å². The van der Waals surface area contributed by atoms with E-state index >= 15 is 0 Å². The number of fused-ring (bicyclic) bond motifs is 2. The summed E-state index contributed by atoms with van der Waals surface area (Å²) in [6, 6.07) is 15.1. The van der Waals surface area contributed by atoms with Crippen molar-refractivity contribution < 1.29 is 9.90 Å². The van der Waals surface area contributed by atoms with Gasteiger partial charge in [0.1, 0.15) is 0 Å². The maximum atomic E-state index is 12.3. The fraction of sp³-hybridized carbons (Fsp3) is 0.0625. The van der Waals surface area contributed by atoms with Crippen molar-refractivity contribution in [2.45, 2.75) is 0 Å². The smallest absolute Gasteiger partial charge is 0.255 e. The molecule has 1 amide bonds. The lowest BCUT2D eigenvalue weighted by Crippen LogP contribution is -2.17. The number of nitrogens with one attached hydrogen (secondary N) is 1. The quantitative estimate of drug-likeness (QED) is 0.660. The van der Waals surface area contributed by atoms with Crippen LogP contribution in [0.25, 0.3) is 21.5 Å². The number of carbonyl (C=O) groups is 1. The summed E-state index contributed by atoms with van der Waals surface area (Å²) in [6.07, 6.45) is 0. The van der Waals surface area contributed by atoms with Crippen LogP contribution in [0.2, 0.25) is 0 Å². The molecule has 3 aromatic rings. The van der Waals surface area contributed by atoms with Crippen molar-refractivity contribution >= 4 is 27.5 Å². The number of rotatable bonds is 1. The zero-order chi connectivity index (χ0) is 13.4. The van der Waals surface area contributed by atoms with Crippen molar-refractivity contribution in [1.29, 1.82) is 0 Å². The van der Waals surface area contributed by atoms with Crippen LogP contribution < -0.4 is 5.32 Å². The minimum atomic E-state index is -0.347. The van der Waals surface area contributed by atoms with Gasteiger partial charge in [-0.1, -0.05) is 30.3 Å². The number of benzene rings is 3. The van der Waals surface area contributed by atoms with Gasteiger partial charge in [-0.2, -0.15) is 0 Å². The lowest BCUT2D eigenvalue weighted by Gasteiger charge is -2.06. The molecule has 1 radical (unpaired) electrons. The molecule has 0 atom stereocenters. The van der Waals surface area contributed by atoms with E-state index in [9.17, 15) is 9.90 Å². The maximum Gasteiger partial charge on any atom is 0.255 e. The van der Waals surface area contributed by atoms with Gasteiger partial charge in [-0.3, -0.25) is 9.90 Å². The molecule has 93 valence electrons. The molecule has 0 saturated heterocycles. The fourth-order valence-electron chi connectivity index (χ4n) is 2.30. The average Bonchev–Trinajstić information content (AvgIpc) is 2.45. The summed E-state index contributed by atoms with van der Waals surface area (Å²) in [7, 11) is 1.52. The van der Waals surface area contributed by atoms with Crippen molar-refractivity contribution in [3.63, 3.8) is 0 Å². The van der Waals surface area contributed by atoms with Crippen LogP contribution in [0, 0.1) is 0 Å². The predicted molar refractivity (Wildman–Crippen MR) is 75.0 cm³/mol. The molecule has 3 heteroatoms. The van der Waals surface area contributed by atoms with E-state index in [1.165, 1.54) is 7.05 Å². The van der Waals surface area contributed by atoms with Gasteiger partial charge in [-0.25, -0.2) is 0 Å². The van der Waals surface area contributed by atoms with Crippen LogP contribution in [0.5, 0.6) is 5.75 Å². The predicted octanol–water partition coefficient (Wildman–Crippen LogP) is 3.50. The Hall–Kier alpha value is -2.55. The molecular formula is C16H12NO2. The van der Waals surface area contributed by atoms with Crippen LogP contribution in [0.4, 0.5) is 0 Å². The summed E-state index contributed by atoms with van der Waals surface area (Å²) in [5.41, 5.74) is 0.185. The fourth-order valence-corrected chi connectivity index (χ4v) is 2.30. The van der Waals surface area contributed by atoms with Gasteiger partial charge in [0.2, 0.25) is 0 Å². The molecule has 3 aromatic carbocycles. The third-order valence-corrected chi connectivity index (χ3v) is 3.31. The normalized spacial score (nSPS) is 10.8. The lowest BCUT2D eigenvalue weighted by atomic mass is 10.0. The van der Waals surface area contributed by atoms with Crippen LogP contribution >= 0.6 is 0 Å². The topological polar surface area (TPSA) is 49.0 Å². The molecule has 19 heavy (non-hydrogen) atoms. The van der Waals surface area contributed by atoms with Gasteiger partial charge in [0.25, 0.3) is 5.91 Å². The Labute approximate surface area is 110 Å². The molecule has 0 saturated carbocycles. The Balaban J connectivity index is 2.36. The zero-order valence-corrected chi connectivity index (χ0v) is 10.4. The van der Waals surface area contributed by atoms with Gasteiger partial charge in [0, 0.05) is 12.4 Å². The second-order valence-electron chi connectivity index (χ2n) is 4.44. The van der Waals surface area contributed by atoms with Crippen molar-refractivity contribution in [2.24, 2.45) is 0 Å². The number of carbonyl (C=O) groups excluding carboxylic acids is 1. The first-order valence-corrected chi connectivity index (χ1v) is 6.05. The molecule has 0 spiro atoms. The van der Waals surface area contributed by atoms with Gasteiger partial charge >= 0.3 is 0 Å². The van der Waals surface area contributed by atoms with E-state index in [0.717, 1.165) is 16.2 Å². The Morgan fingerprint density at radius 2 is 1.63 bits per heavy atom. The summed E-state index contributed by atoms with van der Waals surface area (Å²) in [4.78, 5) is 11.6. The van der Waals surface area contributed by atoms with Gasteiger partial charge in [-0.15, -0.1) is 0 Å². The second kappa shape index (κ2) is 4.28. The SMILES string of the molecule is CNC(=O)c1ccc2cc3ccccc3cc2c1[O]. The summed E-state index contributed by atoms with van der Waals surface area (Å²) >= 11 is 0. The number of hydrogen-bond acceptors (Lipinski definition) is 1. The van der Waals surface area contributed by atoms with E-state index in [1.807, 2.05) is 42.5 Å². The van der Waals surface area contributed by atoms with E-state index < -0.39 is 0 Å². The highest BCUT2D eigenvalue weighted by Crippen LogP contribution is 2.32. The molecule has 0 heterocycles. The third-order valence-electron chi connectivity index (χ3n) is 3.31. The Bertz CT molecular complexity index is 793. The molecule has 0 fully saturated rings. The minimum absolute atomic E-state index is 0.185. The van der Waals surface area contributed by atoms with E-state index in [1.54, 1.807) is 6.07 Å². The number of amides is 1. The van der Waals surface area contributed by atoms with Crippen LogP contribution in [0.1, 0.15) is 10.4 Å². The van der Waals surface area contributed by atoms with Crippen molar-refractivity contribution in [3.05, 3.63) is 54.1 Å². The molecule has 0 aliphatic heterocycles. The van der Waals surface area contributed by atoms with Gasteiger partial charge in [0.15, 0.2) is 5.75 Å². The molecular weight excluding hydrogens is 238 g/mol. The average molecular weight is 250 g/mol. The monoisotopic (exact) mass is 250 g/mol. The Kier molecular flexibility index (Phi) is 2.60. The standard InChI is InChI=1S/C16H12NO2/c1-17-16(19)13-7-6-12-8-10-4-2-3-5-11(10)9-14(12)15(13)18/h2-9H,1H3,(H,17,19). The van der Waals surface area contributed by atoms with Crippen LogP contribution in [0.15, 0.2) is 48.5 Å². The maximum absolute atomic E-state index is 12.3. The first-order chi connectivity index (χ1) is 9.20. The van der Waals surface area contributed by atoms with Gasteiger partial charge in [0.05, 0.1) is 5.56 Å². The first-order valence-electron chi connectivity index (χ1n) is 6.05. The zero-order valence-electron chi connectivity index (χ0n) is 10.4. The summed E-state index contributed by atoms with van der Waals surface area (Å²) in [5, 5.41) is 18.3. The lowest BCUT2D eigenvalue weighted by molar-refractivity contribution is 0.0959. The first kappa shape index (κ1) is 11.5. The molecule has 1 N–H and O–H groups in total. The summed E-state index contributed by atoms with van der Waals surface area (Å²) in [5.74, 6) is -0.567. The van der Waals surface area contributed by atoms with E-state index in [0.29, 0.717) is 5.39 Å². The summed E-state index contributed by atoms with van der Waals surface area (Å²) in [6.45, 7) is 0. The summed E-state index contributed by atoms with van der Waals surface area (Å²) < 4.78 is 0. The molecule has 3 nitrogen and oxygen atoms in total. The second-order valence-corrected chi connectivity index (χ2v) is 4.44. The Morgan fingerprint density at radius 1 is 0.947 bits per heavy atom. The van der Waals surface area contributed by atoms with Gasteiger partial charge in [-0.05, 0) is 34.4 Å². The number of hydrogen-bond donors (Lipinski definition) is 1. The molecule has 0 aliphatic carbocycles.